The van der Waals surface area contributed by atoms with E-state index in [1.807, 2.05) is 13.8 Å². The number of aromatic nitrogens is 1. The number of rotatable bonds is 2. The summed E-state index contributed by atoms with van der Waals surface area (Å²) in [5.41, 5.74) is 1.05. The molecule has 10 heavy (non-hydrogen) atoms. The molecule has 0 fully saturated rings. The van der Waals surface area contributed by atoms with E-state index in [0.717, 1.165) is 10.7 Å². The molecule has 0 aliphatic carbocycles. The van der Waals surface area contributed by atoms with Gasteiger partial charge in [0.15, 0.2) is 0 Å². The standard InChI is InChI=1S/C7H11NOS/c1-5-7(3-4-9)8-6(2)10-5/h9H,3-4H2,1-2H3. The Kier molecular flexibility index (Phi) is 2.40. The fourth-order valence-corrected chi connectivity index (χ4v) is 1.77. The molecule has 0 unspecified atom stereocenters. The van der Waals surface area contributed by atoms with E-state index in [-0.39, 0.29) is 6.61 Å². The van der Waals surface area contributed by atoms with E-state index in [4.69, 9.17) is 5.11 Å². The van der Waals surface area contributed by atoms with Crippen LogP contribution in [0.25, 0.3) is 0 Å². The summed E-state index contributed by atoms with van der Waals surface area (Å²) >= 11 is 1.69. The van der Waals surface area contributed by atoms with Crippen LogP contribution in [0, 0.1) is 13.8 Å². The summed E-state index contributed by atoms with van der Waals surface area (Å²) in [6.07, 6.45) is 0.691. The number of nitrogens with zero attached hydrogens (tertiary/aromatic N) is 1. The van der Waals surface area contributed by atoms with Gasteiger partial charge in [-0.05, 0) is 13.8 Å². The first-order valence-electron chi connectivity index (χ1n) is 3.28. The third-order valence-corrected chi connectivity index (χ3v) is 2.28. The maximum Gasteiger partial charge on any atom is 0.0900 e. The molecule has 0 saturated carbocycles. The highest BCUT2D eigenvalue weighted by Crippen LogP contribution is 2.16. The van der Waals surface area contributed by atoms with E-state index in [0.29, 0.717) is 6.42 Å². The molecule has 56 valence electrons. The molecule has 0 aliphatic rings. The quantitative estimate of drug-likeness (QED) is 0.701. The van der Waals surface area contributed by atoms with Crippen molar-refractivity contribution >= 4 is 11.3 Å². The number of hydrogen-bond acceptors (Lipinski definition) is 3. The van der Waals surface area contributed by atoms with Gasteiger partial charge in [0.05, 0.1) is 10.7 Å². The van der Waals surface area contributed by atoms with Gasteiger partial charge in [0, 0.05) is 17.9 Å². The third kappa shape index (κ3) is 1.55. The Hall–Kier alpha value is -0.410. The Morgan fingerprint density at radius 3 is 2.60 bits per heavy atom. The van der Waals surface area contributed by atoms with Gasteiger partial charge in [-0.3, -0.25) is 0 Å². The van der Waals surface area contributed by atoms with E-state index in [2.05, 4.69) is 4.98 Å². The molecule has 1 rings (SSSR count). The van der Waals surface area contributed by atoms with Crippen molar-refractivity contribution in [3.8, 4) is 0 Å². The highest BCUT2D eigenvalue weighted by atomic mass is 32.1. The normalized spacial score (nSPS) is 10.3. The molecule has 0 atom stereocenters. The predicted molar refractivity (Wildman–Crippen MR) is 42.4 cm³/mol. The number of thiazole rings is 1. The summed E-state index contributed by atoms with van der Waals surface area (Å²) in [6.45, 7) is 4.22. The van der Waals surface area contributed by atoms with Gasteiger partial charge >= 0.3 is 0 Å². The summed E-state index contributed by atoms with van der Waals surface area (Å²) in [4.78, 5) is 5.49. The van der Waals surface area contributed by atoms with Crippen LogP contribution < -0.4 is 0 Å². The molecule has 0 aromatic carbocycles. The average molecular weight is 157 g/mol. The lowest BCUT2D eigenvalue weighted by atomic mass is 10.3. The molecule has 0 bridgehead atoms. The molecule has 1 aromatic rings. The van der Waals surface area contributed by atoms with E-state index >= 15 is 0 Å². The highest BCUT2D eigenvalue weighted by molar-refractivity contribution is 7.11. The molecule has 0 radical (unpaired) electrons. The lowest BCUT2D eigenvalue weighted by Crippen LogP contribution is -1.92. The van der Waals surface area contributed by atoms with Crippen LogP contribution in [0.4, 0.5) is 0 Å². The molecule has 1 heterocycles. The zero-order valence-electron chi connectivity index (χ0n) is 6.22. The van der Waals surface area contributed by atoms with Crippen molar-refractivity contribution < 1.29 is 5.11 Å². The van der Waals surface area contributed by atoms with Crippen molar-refractivity contribution in [3.63, 3.8) is 0 Å². The lowest BCUT2D eigenvalue weighted by Gasteiger charge is -1.90. The SMILES string of the molecule is Cc1nc(CCO)c(C)s1. The van der Waals surface area contributed by atoms with E-state index < -0.39 is 0 Å². The summed E-state index contributed by atoms with van der Waals surface area (Å²) in [7, 11) is 0. The van der Waals surface area contributed by atoms with Gasteiger partial charge < -0.3 is 5.11 Å². The Bertz CT molecular complexity index is 219. The second-order valence-electron chi connectivity index (χ2n) is 2.21. The van der Waals surface area contributed by atoms with Crippen molar-refractivity contribution in [2.45, 2.75) is 20.3 Å². The summed E-state index contributed by atoms with van der Waals surface area (Å²) < 4.78 is 0. The molecule has 0 aliphatic heterocycles. The predicted octanol–water partition coefficient (Wildman–Crippen LogP) is 1.29. The molecular weight excluding hydrogens is 146 g/mol. The van der Waals surface area contributed by atoms with Crippen LogP contribution in [0.5, 0.6) is 0 Å². The smallest absolute Gasteiger partial charge is 0.0900 e. The minimum absolute atomic E-state index is 0.198. The number of aliphatic hydroxyl groups excluding tert-OH is 1. The van der Waals surface area contributed by atoms with Crippen LogP contribution in [-0.4, -0.2) is 16.7 Å². The molecular formula is C7H11NOS. The van der Waals surface area contributed by atoms with Crippen molar-refractivity contribution in [2.24, 2.45) is 0 Å². The topological polar surface area (TPSA) is 33.1 Å². The second kappa shape index (κ2) is 3.12. The molecule has 0 saturated heterocycles. The average Bonchev–Trinajstić information content (AvgIpc) is 2.13. The first-order valence-corrected chi connectivity index (χ1v) is 4.09. The molecule has 2 nitrogen and oxygen atoms in total. The molecule has 0 spiro atoms. The van der Waals surface area contributed by atoms with E-state index in [1.165, 1.54) is 4.88 Å². The van der Waals surface area contributed by atoms with Gasteiger partial charge in [-0.2, -0.15) is 0 Å². The van der Waals surface area contributed by atoms with Crippen LogP contribution >= 0.6 is 11.3 Å². The molecule has 0 amide bonds. The van der Waals surface area contributed by atoms with Crippen LogP contribution in [0.1, 0.15) is 15.6 Å². The van der Waals surface area contributed by atoms with Gasteiger partial charge in [-0.15, -0.1) is 11.3 Å². The van der Waals surface area contributed by atoms with E-state index in [9.17, 15) is 0 Å². The second-order valence-corrected chi connectivity index (χ2v) is 3.62. The molecule has 1 aromatic heterocycles. The Balaban J connectivity index is 2.81. The Morgan fingerprint density at radius 1 is 1.50 bits per heavy atom. The lowest BCUT2D eigenvalue weighted by molar-refractivity contribution is 0.298. The maximum absolute atomic E-state index is 8.62. The van der Waals surface area contributed by atoms with Crippen molar-refractivity contribution in [1.82, 2.24) is 4.98 Å². The monoisotopic (exact) mass is 157 g/mol. The fourth-order valence-electron chi connectivity index (χ4n) is 0.910. The highest BCUT2D eigenvalue weighted by Gasteiger charge is 2.02. The van der Waals surface area contributed by atoms with Crippen LogP contribution in [-0.2, 0) is 6.42 Å². The van der Waals surface area contributed by atoms with E-state index in [1.54, 1.807) is 11.3 Å². The van der Waals surface area contributed by atoms with Crippen molar-refractivity contribution in [3.05, 3.63) is 15.6 Å². The summed E-state index contributed by atoms with van der Waals surface area (Å²) in [5, 5.41) is 9.70. The molecule has 3 heteroatoms. The van der Waals surface area contributed by atoms with Gasteiger partial charge in [-0.1, -0.05) is 0 Å². The largest absolute Gasteiger partial charge is 0.396 e. The van der Waals surface area contributed by atoms with Crippen LogP contribution in [0.3, 0.4) is 0 Å². The van der Waals surface area contributed by atoms with Gasteiger partial charge in [-0.25, -0.2) is 4.98 Å². The minimum Gasteiger partial charge on any atom is -0.396 e. The molecule has 1 N–H and O–H groups in total. The first-order chi connectivity index (χ1) is 4.74. The zero-order valence-corrected chi connectivity index (χ0v) is 7.03. The minimum atomic E-state index is 0.198. The van der Waals surface area contributed by atoms with Crippen LogP contribution in [0.2, 0.25) is 0 Å². The summed E-state index contributed by atoms with van der Waals surface area (Å²) in [5.74, 6) is 0. The Labute approximate surface area is 64.5 Å². The maximum atomic E-state index is 8.62. The zero-order chi connectivity index (χ0) is 7.56. The summed E-state index contributed by atoms with van der Waals surface area (Å²) in [6, 6.07) is 0. The number of hydrogen-bond donors (Lipinski definition) is 1. The van der Waals surface area contributed by atoms with Gasteiger partial charge in [0.1, 0.15) is 0 Å². The van der Waals surface area contributed by atoms with Crippen molar-refractivity contribution in [1.29, 1.82) is 0 Å². The fraction of sp³-hybridized carbons (Fsp3) is 0.571. The number of aryl methyl sites for hydroxylation is 2. The third-order valence-electron chi connectivity index (χ3n) is 1.35. The number of aliphatic hydroxyl groups is 1. The van der Waals surface area contributed by atoms with Gasteiger partial charge in [0.25, 0.3) is 0 Å². The van der Waals surface area contributed by atoms with Crippen molar-refractivity contribution in [2.75, 3.05) is 6.61 Å². The van der Waals surface area contributed by atoms with Gasteiger partial charge in [0.2, 0.25) is 0 Å². The first kappa shape index (κ1) is 7.69. The van der Waals surface area contributed by atoms with Crippen LogP contribution in [0.15, 0.2) is 0 Å². The Morgan fingerprint density at radius 2 is 2.20 bits per heavy atom.